The van der Waals surface area contributed by atoms with Crippen molar-refractivity contribution in [3.05, 3.63) is 76.2 Å². The smallest absolute Gasteiger partial charge is 0.251 e. The first-order valence-corrected chi connectivity index (χ1v) is 14.0. The third-order valence-electron chi connectivity index (χ3n) is 7.91. The number of hydrogen-bond acceptors (Lipinski definition) is 5. The van der Waals surface area contributed by atoms with Gasteiger partial charge in [0.1, 0.15) is 18.1 Å². The number of amides is 1. The quantitative estimate of drug-likeness (QED) is 0.263. The van der Waals surface area contributed by atoms with Gasteiger partial charge in [-0.2, -0.15) is 5.10 Å². The van der Waals surface area contributed by atoms with E-state index in [0.717, 1.165) is 47.2 Å². The average Bonchev–Trinajstić information content (AvgIpc) is 3.61. The molecule has 0 aromatic carbocycles. The fourth-order valence-electron chi connectivity index (χ4n) is 5.54. The van der Waals surface area contributed by atoms with Gasteiger partial charge in [-0.05, 0) is 56.5 Å². The number of aryl methyl sites for hydroxylation is 1. The van der Waals surface area contributed by atoms with E-state index in [9.17, 15) is 13.6 Å². The van der Waals surface area contributed by atoms with E-state index in [2.05, 4.69) is 30.2 Å². The molecule has 2 atom stereocenters. The summed E-state index contributed by atoms with van der Waals surface area (Å²) in [5.74, 6) is 0.324. The van der Waals surface area contributed by atoms with Crippen molar-refractivity contribution in [3.63, 3.8) is 0 Å². The molecular weight excluding hydrogens is 512 g/mol. The zero-order chi connectivity index (χ0) is 28.0. The number of pyridine rings is 3. The summed E-state index contributed by atoms with van der Waals surface area (Å²) in [6.45, 7) is 6.12. The van der Waals surface area contributed by atoms with Crippen molar-refractivity contribution in [1.29, 1.82) is 0 Å². The van der Waals surface area contributed by atoms with Gasteiger partial charge in [-0.25, -0.2) is 18.3 Å². The molecule has 1 amide bonds. The van der Waals surface area contributed by atoms with Crippen LogP contribution in [0.3, 0.4) is 0 Å². The third kappa shape index (κ3) is 4.93. The summed E-state index contributed by atoms with van der Waals surface area (Å²) in [5, 5.41) is 7.82. The van der Waals surface area contributed by atoms with Crippen LogP contribution in [0.15, 0.2) is 36.5 Å². The number of halogens is 2. The van der Waals surface area contributed by atoms with Crippen LogP contribution >= 0.6 is 0 Å². The van der Waals surface area contributed by atoms with Crippen LogP contribution in [-0.2, 0) is 6.67 Å². The number of rotatable bonds is 9. The molecule has 0 spiro atoms. The molecule has 40 heavy (non-hydrogen) atoms. The maximum atomic E-state index is 14.9. The van der Waals surface area contributed by atoms with E-state index in [1.165, 1.54) is 18.9 Å². The number of carbonyl (C=O) groups excluding carboxylic acids is 1. The molecule has 208 valence electrons. The van der Waals surface area contributed by atoms with Crippen LogP contribution in [0.2, 0.25) is 0 Å². The van der Waals surface area contributed by atoms with E-state index < -0.39 is 12.5 Å². The molecule has 4 aromatic rings. The SMILES string of the molecule is CCCC(CNC(=O)c1cc(C)n2nc(C3CC3)cc2c1)c1cc2c(c(-c3cc(CF)ncc3F)n1)OCC2C. The molecule has 0 bridgehead atoms. The van der Waals surface area contributed by atoms with E-state index in [1.54, 1.807) is 0 Å². The summed E-state index contributed by atoms with van der Waals surface area (Å²) in [6, 6.07) is 9.23. The molecule has 2 unspecified atom stereocenters. The lowest BCUT2D eigenvalue weighted by Crippen LogP contribution is -2.29. The zero-order valence-electron chi connectivity index (χ0n) is 23.0. The third-order valence-corrected chi connectivity index (χ3v) is 7.91. The molecule has 1 N–H and O–H groups in total. The van der Waals surface area contributed by atoms with E-state index in [-0.39, 0.29) is 29.0 Å². The average molecular weight is 546 g/mol. The van der Waals surface area contributed by atoms with Crippen molar-refractivity contribution in [2.75, 3.05) is 13.2 Å². The van der Waals surface area contributed by atoms with Crippen LogP contribution < -0.4 is 10.1 Å². The first-order chi connectivity index (χ1) is 19.4. The van der Waals surface area contributed by atoms with Gasteiger partial charge in [0.2, 0.25) is 0 Å². The number of nitrogens with one attached hydrogen (secondary N) is 1. The highest BCUT2D eigenvalue weighted by molar-refractivity contribution is 5.95. The zero-order valence-corrected chi connectivity index (χ0v) is 23.0. The molecule has 1 fully saturated rings. The summed E-state index contributed by atoms with van der Waals surface area (Å²) in [4.78, 5) is 22.0. The molecule has 2 aliphatic rings. The second kappa shape index (κ2) is 10.6. The fraction of sp³-hybridized carbons (Fsp3) is 0.419. The lowest BCUT2D eigenvalue weighted by atomic mass is 9.93. The van der Waals surface area contributed by atoms with Gasteiger partial charge in [0, 0.05) is 52.4 Å². The van der Waals surface area contributed by atoms with Crippen molar-refractivity contribution in [2.45, 2.75) is 70.9 Å². The van der Waals surface area contributed by atoms with Gasteiger partial charge in [0.15, 0.2) is 5.82 Å². The molecule has 5 heterocycles. The van der Waals surface area contributed by atoms with Crippen molar-refractivity contribution >= 4 is 11.4 Å². The van der Waals surface area contributed by atoms with Crippen molar-refractivity contribution in [1.82, 2.24) is 24.9 Å². The Morgan fingerprint density at radius 3 is 2.80 bits per heavy atom. The van der Waals surface area contributed by atoms with Crippen LogP contribution in [0.4, 0.5) is 8.78 Å². The molecular formula is C31H33F2N5O2. The fourth-order valence-corrected chi connectivity index (χ4v) is 5.54. The molecule has 6 rings (SSSR count). The minimum Gasteiger partial charge on any atom is -0.490 e. The van der Waals surface area contributed by atoms with Crippen molar-refractivity contribution < 1.29 is 18.3 Å². The predicted molar refractivity (Wildman–Crippen MR) is 148 cm³/mol. The number of ether oxygens (including phenoxy) is 1. The van der Waals surface area contributed by atoms with Gasteiger partial charge in [-0.15, -0.1) is 0 Å². The Balaban J connectivity index is 1.29. The monoisotopic (exact) mass is 545 g/mol. The van der Waals surface area contributed by atoms with Crippen LogP contribution in [0.1, 0.15) is 96.0 Å². The number of hydrogen-bond donors (Lipinski definition) is 1. The standard InChI is InChI=1S/C31H33F2N5O2/c1-4-5-20(14-35-31(39)21-8-18(3)38-23(9-21)11-28(37-38)19-6-7-19)27-12-24-17(2)16-40-30(24)29(36-27)25-10-22(13-32)34-15-26(25)33/h8-12,15,17,19-20H,4-7,13-14,16H2,1-3H3,(H,35,39). The molecule has 4 aromatic heterocycles. The summed E-state index contributed by atoms with van der Waals surface area (Å²) in [6.07, 6.45) is 5.02. The summed E-state index contributed by atoms with van der Waals surface area (Å²) in [5.41, 5.74) is 5.86. The van der Waals surface area contributed by atoms with Crippen LogP contribution in [0.5, 0.6) is 5.75 Å². The number of aromatic nitrogens is 4. The van der Waals surface area contributed by atoms with Crippen molar-refractivity contribution in [3.8, 4) is 17.0 Å². The van der Waals surface area contributed by atoms with Gasteiger partial charge in [-0.1, -0.05) is 20.3 Å². The summed E-state index contributed by atoms with van der Waals surface area (Å²) >= 11 is 0. The number of carbonyl (C=O) groups is 1. The largest absolute Gasteiger partial charge is 0.490 e. The van der Waals surface area contributed by atoms with Gasteiger partial charge in [0.05, 0.1) is 29.7 Å². The Bertz CT molecular complexity index is 1600. The van der Waals surface area contributed by atoms with Crippen LogP contribution in [0, 0.1) is 12.7 Å². The molecule has 0 radical (unpaired) electrons. The van der Waals surface area contributed by atoms with E-state index in [0.29, 0.717) is 36.1 Å². The topological polar surface area (TPSA) is 81.4 Å². The molecule has 1 aliphatic heterocycles. The predicted octanol–water partition coefficient (Wildman–Crippen LogP) is 6.40. The summed E-state index contributed by atoms with van der Waals surface area (Å²) in [7, 11) is 0. The van der Waals surface area contributed by atoms with Gasteiger partial charge < -0.3 is 10.1 Å². The van der Waals surface area contributed by atoms with Gasteiger partial charge >= 0.3 is 0 Å². The van der Waals surface area contributed by atoms with E-state index in [4.69, 9.17) is 14.8 Å². The molecule has 9 heteroatoms. The highest BCUT2D eigenvalue weighted by Gasteiger charge is 2.30. The van der Waals surface area contributed by atoms with Gasteiger partial charge in [0.25, 0.3) is 5.91 Å². The summed E-state index contributed by atoms with van der Waals surface area (Å²) < 4.78 is 36.1. The number of fused-ring (bicyclic) bond motifs is 2. The Kier molecular flexibility index (Phi) is 6.98. The Hall–Kier alpha value is -3.88. The lowest BCUT2D eigenvalue weighted by molar-refractivity contribution is 0.0950. The highest BCUT2D eigenvalue weighted by atomic mass is 19.1. The number of nitrogens with zero attached hydrogens (tertiary/aromatic N) is 4. The van der Waals surface area contributed by atoms with Crippen molar-refractivity contribution in [2.24, 2.45) is 0 Å². The van der Waals surface area contributed by atoms with Crippen LogP contribution in [-0.4, -0.2) is 38.6 Å². The normalized spacial score (nSPS) is 17.1. The highest BCUT2D eigenvalue weighted by Crippen LogP contribution is 2.43. The minimum absolute atomic E-state index is 0.0994. The first-order valence-electron chi connectivity index (χ1n) is 14.0. The molecule has 1 aliphatic carbocycles. The minimum atomic E-state index is -0.802. The maximum absolute atomic E-state index is 14.9. The Morgan fingerprint density at radius 1 is 1.23 bits per heavy atom. The second-order valence-corrected chi connectivity index (χ2v) is 11.1. The molecule has 1 saturated carbocycles. The maximum Gasteiger partial charge on any atom is 0.251 e. The van der Waals surface area contributed by atoms with Gasteiger partial charge in [-0.3, -0.25) is 9.78 Å². The van der Waals surface area contributed by atoms with E-state index >= 15 is 0 Å². The Morgan fingerprint density at radius 2 is 2.05 bits per heavy atom. The second-order valence-electron chi connectivity index (χ2n) is 11.1. The molecule has 7 nitrogen and oxygen atoms in total. The van der Waals surface area contributed by atoms with Crippen LogP contribution in [0.25, 0.3) is 16.8 Å². The number of alkyl halides is 1. The molecule has 0 saturated heterocycles. The van der Waals surface area contributed by atoms with E-state index in [1.807, 2.05) is 29.6 Å². The lowest BCUT2D eigenvalue weighted by Gasteiger charge is -2.20. The Labute approximate surface area is 232 Å². The first kappa shape index (κ1) is 26.3.